The van der Waals surface area contributed by atoms with Crippen molar-refractivity contribution >= 4 is 5.91 Å². The van der Waals surface area contributed by atoms with E-state index in [2.05, 4.69) is 15.1 Å². The minimum atomic E-state index is -0.0743. The number of aromatic nitrogens is 3. The maximum absolute atomic E-state index is 12.4. The monoisotopic (exact) mass is 362 g/mol. The lowest BCUT2D eigenvalue weighted by Crippen LogP contribution is -2.56. The predicted molar refractivity (Wildman–Crippen MR) is 96.3 cm³/mol. The third kappa shape index (κ3) is 3.16. The summed E-state index contributed by atoms with van der Waals surface area (Å²) >= 11 is 0. The number of nitrogens with zero attached hydrogens (tertiary/aromatic N) is 4. The molecule has 1 saturated carbocycles. The Morgan fingerprint density at radius 3 is 2.70 bits per heavy atom. The van der Waals surface area contributed by atoms with Gasteiger partial charge in [-0.05, 0) is 37.1 Å². The van der Waals surface area contributed by atoms with Gasteiger partial charge < -0.3 is 14.2 Å². The van der Waals surface area contributed by atoms with Crippen LogP contribution in [0.15, 0.2) is 53.2 Å². The quantitative estimate of drug-likeness (QED) is 0.694. The van der Waals surface area contributed by atoms with Gasteiger partial charge in [0, 0.05) is 12.1 Å². The van der Waals surface area contributed by atoms with Crippen LogP contribution in [0.2, 0.25) is 0 Å². The van der Waals surface area contributed by atoms with Crippen LogP contribution in [-0.4, -0.2) is 45.1 Å². The van der Waals surface area contributed by atoms with Gasteiger partial charge >= 0.3 is 0 Å². The number of hydrogen-bond acceptors (Lipinski definition) is 6. The van der Waals surface area contributed by atoms with Crippen LogP contribution in [0.4, 0.5) is 0 Å². The summed E-state index contributed by atoms with van der Waals surface area (Å²) in [5.74, 6) is 2.31. The molecule has 0 radical (unpaired) electrons. The molecule has 0 spiro atoms. The van der Waals surface area contributed by atoms with Crippen molar-refractivity contribution in [3.8, 4) is 17.2 Å². The van der Waals surface area contributed by atoms with Gasteiger partial charge in [-0.15, -0.1) is 0 Å². The van der Waals surface area contributed by atoms with Crippen LogP contribution in [0.5, 0.6) is 5.75 Å². The van der Waals surface area contributed by atoms with Crippen molar-refractivity contribution in [2.24, 2.45) is 0 Å². The lowest BCUT2D eigenvalue weighted by molar-refractivity contribution is 0.0175. The van der Waals surface area contributed by atoms with Gasteiger partial charge in [0.25, 0.3) is 11.8 Å². The zero-order valence-electron chi connectivity index (χ0n) is 14.6. The molecule has 1 amide bonds. The molecule has 0 atom stereocenters. The first-order chi connectivity index (χ1) is 13.3. The van der Waals surface area contributed by atoms with E-state index in [-0.39, 0.29) is 12.0 Å². The summed E-state index contributed by atoms with van der Waals surface area (Å²) in [4.78, 5) is 22.7. The first kappa shape index (κ1) is 16.0. The topological polar surface area (TPSA) is 81.4 Å². The summed E-state index contributed by atoms with van der Waals surface area (Å²) in [6.45, 7) is 1.06. The van der Waals surface area contributed by atoms with Crippen LogP contribution >= 0.6 is 0 Å². The number of benzene rings is 1. The maximum atomic E-state index is 12.4. The van der Waals surface area contributed by atoms with Crippen LogP contribution < -0.4 is 4.74 Å². The van der Waals surface area contributed by atoms with Crippen molar-refractivity contribution in [1.82, 2.24) is 20.0 Å². The Morgan fingerprint density at radius 1 is 1.11 bits per heavy atom. The van der Waals surface area contributed by atoms with Crippen molar-refractivity contribution in [2.75, 3.05) is 13.1 Å². The van der Waals surface area contributed by atoms with Gasteiger partial charge in [0.2, 0.25) is 0 Å². The molecule has 3 aromatic rings. The molecule has 7 nitrogen and oxygen atoms in total. The summed E-state index contributed by atoms with van der Waals surface area (Å²) in [6, 6.07) is 13.0. The number of likely N-dealkylation sites (tertiary alicyclic amines) is 1. The largest absolute Gasteiger partial charge is 0.486 e. The lowest BCUT2D eigenvalue weighted by atomic mass is 10.1. The number of ether oxygens (including phenoxy) is 1. The van der Waals surface area contributed by atoms with Crippen LogP contribution in [0, 0.1) is 0 Å². The molecule has 7 heteroatoms. The normalized spacial score (nSPS) is 16.8. The molecule has 0 N–H and O–H groups in total. The van der Waals surface area contributed by atoms with Gasteiger partial charge in [0.05, 0.1) is 18.7 Å². The van der Waals surface area contributed by atoms with E-state index in [0.717, 1.165) is 24.2 Å². The van der Waals surface area contributed by atoms with Crippen molar-refractivity contribution < 1.29 is 14.1 Å². The van der Waals surface area contributed by atoms with Crippen LogP contribution in [0.1, 0.15) is 35.1 Å². The van der Waals surface area contributed by atoms with E-state index >= 15 is 0 Å². The zero-order valence-corrected chi connectivity index (χ0v) is 14.6. The predicted octanol–water partition coefficient (Wildman–Crippen LogP) is 2.91. The average molecular weight is 362 g/mol. The molecular weight excluding hydrogens is 344 g/mol. The molecule has 2 aromatic heterocycles. The molecule has 1 aliphatic heterocycles. The number of hydrogen-bond donors (Lipinski definition) is 0. The van der Waals surface area contributed by atoms with Gasteiger partial charge in [-0.1, -0.05) is 23.4 Å². The van der Waals surface area contributed by atoms with E-state index in [0.29, 0.717) is 36.3 Å². The summed E-state index contributed by atoms with van der Waals surface area (Å²) < 4.78 is 11.5. The highest BCUT2D eigenvalue weighted by atomic mass is 16.5. The minimum absolute atomic E-state index is 0.0652. The first-order valence-electron chi connectivity index (χ1n) is 9.08. The first-order valence-corrected chi connectivity index (χ1v) is 9.08. The third-order valence-electron chi connectivity index (χ3n) is 4.81. The van der Waals surface area contributed by atoms with Gasteiger partial charge in [-0.2, -0.15) is 4.98 Å². The summed E-state index contributed by atoms with van der Waals surface area (Å²) in [6.07, 6.45) is 3.81. The summed E-state index contributed by atoms with van der Waals surface area (Å²) in [7, 11) is 0. The van der Waals surface area contributed by atoms with E-state index in [4.69, 9.17) is 9.26 Å². The maximum Gasteiger partial charge on any atom is 0.272 e. The van der Waals surface area contributed by atoms with Gasteiger partial charge in [-0.3, -0.25) is 9.78 Å². The fourth-order valence-electron chi connectivity index (χ4n) is 3.11. The van der Waals surface area contributed by atoms with Crippen molar-refractivity contribution in [2.45, 2.75) is 24.9 Å². The Hall–Kier alpha value is -3.22. The second-order valence-electron chi connectivity index (χ2n) is 6.89. The van der Waals surface area contributed by atoms with Crippen LogP contribution in [0.25, 0.3) is 11.5 Å². The second kappa shape index (κ2) is 6.50. The van der Waals surface area contributed by atoms with Crippen LogP contribution in [0.3, 0.4) is 0 Å². The molecule has 1 aliphatic carbocycles. The zero-order chi connectivity index (χ0) is 18.2. The summed E-state index contributed by atoms with van der Waals surface area (Å²) in [5, 5.41) is 4.08. The fraction of sp³-hybridized carbons (Fsp3) is 0.300. The van der Waals surface area contributed by atoms with E-state index in [1.165, 1.54) is 0 Å². The smallest absolute Gasteiger partial charge is 0.272 e. The van der Waals surface area contributed by atoms with E-state index in [1.807, 2.05) is 30.3 Å². The highest BCUT2D eigenvalue weighted by Crippen LogP contribution is 2.39. The van der Waals surface area contributed by atoms with Gasteiger partial charge in [0.1, 0.15) is 17.5 Å². The number of amides is 1. The van der Waals surface area contributed by atoms with Crippen molar-refractivity contribution in [3.05, 3.63) is 60.2 Å². The van der Waals surface area contributed by atoms with Crippen molar-refractivity contribution in [3.63, 3.8) is 0 Å². The summed E-state index contributed by atoms with van der Waals surface area (Å²) in [5.41, 5.74) is 1.24. The average Bonchev–Trinajstić information content (AvgIpc) is 3.42. The molecule has 2 fully saturated rings. The van der Waals surface area contributed by atoms with Crippen LogP contribution in [-0.2, 0) is 0 Å². The van der Waals surface area contributed by atoms with E-state index in [1.54, 1.807) is 23.2 Å². The third-order valence-corrected chi connectivity index (χ3v) is 4.81. The van der Waals surface area contributed by atoms with E-state index in [9.17, 15) is 4.79 Å². The molecular formula is C20H18N4O3. The number of carbonyl (C=O) groups is 1. The molecule has 1 aromatic carbocycles. The lowest BCUT2D eigenvalue weighted by Gasteiger charge is -2.38. The Labute approximate surface area is 156 Å². The number of rotatable bonds is 5. The number of carbonyl (C=O) groups excluding carboxylic acids is 1. The van der Waals surface area contributed by atoms with Gasteiger partial charge in [-0.25, -0.2) is 0 Å². The SMILES string of the molecule is O=C(c1ccccn1)N1CC(Oc2ccccc2-c2nc(C3CC3)no2)C1. The highest BCUT2D eigenvalue weighted by molar-refractivity contribution is 5.92. The second-order valence-corrected chi connectivity index (χ2v) is 6.89. The highest BCUT2D eigenvalue weighted by Gasteiger charge is 2.34. The Bertz CT molecular complexity index is 962. The Kier molecular flexibility index (Phi) is 3.85. The van der Waals surface area contributed by atoms with Crippen molar-refractivity contribution in [1.29, 1.82) is 0 Å². The standard InChI is InChI=1S/C20H18N4O3/c25-20(16-6-3-4-10-21-16)24-11-14(12-24)26-17-7-2-1-5-15(17)19-22-18(23-27-19)13-8-9-13/h1-7,10,13-14H,8-9,11-12H2. The molecule has 5 rings (SSSR count). The molecule has 3 heterocycles. The molecule has 0 bridgehead atoms. The Morgan fingerprint density at radius 2 is 1.93 bits per heavy atom. The Balaban J connectivity index is 1.26. The van der Waals surface area contributed by atoms with Gasteiger partial charge in [0.15, 0.2) is 5.82 Å². The molecule has 27 heavy (non-hydrogen) atoms. The minimum Gasteiger partial charge on any atom is -0.486 e. The number of para-hydroxylation sites is 1. The molecule has 2 aliphatic rings. The number of pyridine rings is 1. The molecule has 0 unspecified atom stereocenters. The molecule has 1 saturated heterocycles. The molecule has 136 valence electrons. The van der Waals surface area contributed by atoms with E-state index < -0.39 is 0 Å². The fourth-order valence-corrected chi connectivity index (χ4v) is 3.11.